The van der Waals surface area contributed by atoms with Crippen molar-refractivity contribution in [2.45, 2.75) is 32.6 Å². The van der Waals surface area contributed by atoms with E-state index >= 15 is 0 Å². The number of anilines is 3. The van der Waals surface area contributed by atoms with Crippen LogP contribution >= 0.6 is 11.3 Å². The SMILES string of the molecule is CCCCc1c(CC=O)sc2ncnc(Nc3cc(C=N)c(N)cc3OC)c12. The second-order valence-electron chi connectivity index (χ2n) is 6.33. The Bertz CT molecular complexity index is 1020. The van der Waals surface area contributed by atoms with Gasteiger partial charge >= 0.3 is 0 Å². The van der Waals surface area contributed by atoms with Crippen LogP contribution in [0.5, 0.6) is 5.75 Å². The van der Waals surface area contributed by atoms with Crippen molar-refractivity contribution in [3.8, 4) is 5.75 Å². The predicted octanol–water partition coefficient (Wildman–Crippen LogP) is 4.11. The Labute approximate surface area is 167 Å². The third kappa shape index (κ3) is 3.82. The molecule has 0 aliphatic carbocycles. The molecule has 0 fully saturated rings. The van der Waals surface area contributed by atoms with Crippen LogP contribution in [0.4, 0.5) is 17.2 Å². The minimum atomic E-state index is 0.378. The van der Waals surface area contributed by atoms with E-state index in [1.54, 1.807) is 19.2 Å². The molecule has 3 rings (SSSR count). The molecule has 8 heteroatoms. The number of nitrogens with zero attached hydrogens (tertiary/aromatic N) is 2. The molecule has 0 aliphatic heterocycles. The van der Waals surface area contributed by atoms with Gasteiger partial charge in [0.05, 0.1) is 18.2 Å². The van der Waals surface area contributed by atoms with E-state index in [0.717, 1.165) is 46.2 Å². The van der Waals surface area contributed by atoms with Crippen molar-refractivity contribution in [3.05, 3.63) is 34.5 Å². The molecule has 0 radical (unpaired) electrons. The van der Waals surface area contributed by atoms with Crippen molar-refractivity contribution in [2.24, 2.45) is 0 Å². The number of aromatic nitrogens is 2. The maximum absolute atomic E-state index is 11.1. The van der Waals surface area contributed by atoms with Crippen LogP contribution in [0.2, 0.25) is 0 Å². The molecular weight excluding hydrogens is 374 g/mol. The molecule has 0 bridgehead atoms. The number of aldehydes is 1. The number of ether oxygens (including phenoxy) is 1. The fraction of sp³-hybridized carbons (Fsp3) is 0.300. The molecule has 146 valence electrons. The van der Waals surface area contributed by atoms with Gasteiger partial charge < -0.3 is 26.0 Å². The van der Waals surface area contributed by atoms with Crippen molar-refractivity contribution in [3.63, 3.8) is 0 Å². The average Bonchev–Trinajstić information content (AvgIpc) is 3.05. The summed E-state index contributed by atoms with van der Waals surface area (Å²) in [7, 11) is 1.57. The highest BCUT2D eigenvalue weighted by molar-refractivity contribution is 7.19. The summed E-state index contributed by atoms with van der Waals surface area (Å²) in [5.74, 6) is 1.22. The highest BCUT2D eigenvalue weighted by atomic mass is 32.1. The van der Waals surface area contributed by atoms with Gasteiger partial charge in [-0.15, -0.1) is 11.3 Å². The minimum absolute atomic E-state index is 0.378. The van der Waals surface area contributed by atoms with Crippen molar-refractivity contribution in [1.29, 1.82) is 5.41 Å². The number of rotatable bonds is 9. The molecule has 2 heterocycles. The molecule has 4 N–H and O–H groups in total. The van der Waals surface area contributed by atoms with Crippen LogP contribution in [-0.4, -0.2) is 29.6 Å². The predicted molar refractivity (Wildman–Crippen MR) is 114 cm³/mol. The maximum atomic E-state index is 11.1. The molecule has 0 unspecified atom stereocenters. The number of nitrogens with two attached hydrogens (primary N) is 1. The van der Waals surface area contributed by atoms with Gasteiger partial charge in [0.1, 0.15) is 29.0 Å². The molecule has 0 saturated carbocycles. The van der Waals surface area contributed by atoms with Crippen LogP contribution in [0.15, 0.2) is 18.5 Å². The first-order chi connectivity index (χ1) is 13.6. The Hall–Kier alpha value is -3.00. The van der Waals surface area contributed by atoms with Gasteiger partial charge in [-0.3, -0.25) is 0 Å². The summed E-state index contributed by atoms with van der Waals surface area (Å²) in [6.45, 7) is 2.14. The summed E-state index contributed by atoms with van der Waals surface area (Å²) >= 11 is 1.53. The van der Waals surface area contributed by atoms with Crippen LogP contribution in [0.25, 0.3) is 10.2 Å². The summed E-state index contributed by atoms with van der Waals surface area (Å²) in [6.07, 6.45) is 6.97. The third-order valence-corrected chi connectivity index (χ3v) is 5.70. The Morgan fingerprint density at radius 2 is 2.18 bits per heavy atom. The van der Waals surface area contributed by atoms with Gasteiger partial charge in [-0.2, -0.15) is 0 Å². The van der Waals surface area contributed by atoms with Crippen LogP contribution in [0.1, 0.15) is 35.8 Å². The van der Waals surface area contributed by atoms with E-state index in [1.165, 1.54) is 23.9 Å². The van der Waals surface area contributed by atoms with Crippen LogP contribution in [0, 0.1) is 5.41 Å². The molecule has 1 aromatic carbocycles. The molecule has 0 saturated heterocycles. The van der Waals surface area contributed by atoms with E-state index < -0.39 is 0 Å². The topological polar surface area (TPSA) is 114 Å². The van der Waals surface area contributed by atoms with E-state index in [2.05, 4.69) is 22.2 Å². The van der Waals surface area contributed by atoms with Gasteiger partial charge in [0, 0.05) is 34.8 Å². The number of nitrogen functional groups attached to an aromatic ring is 1. The number of hydrogen-bond acceptors (Lipinski definition) is 8. The number of carbonyl (C=O) groups excluding carboxylic acids is 1. The van der Waals surface area contributed by atoms with Gasteiger partial charge in [0.15, 0.2) is 0 Å². The first-order valence-electron chi connectivity index (χ1n) is 9.06. The quantitative estimate of drug-likeness (QED) is 0.284. The van der Waals surface area contributed by atoms with Crippen molar-refractivity contribution < 1.29 is 9.53 Å². The highest BCUT2D eigenvalue weighted by Gasteiger charge is 2.18. The fourth-order valence-corrected chi connectivity index (χ4v) is 4.26. The molecule has 0 spiro atoms. The monoisotopic (exact) mass is 397 g/mol. The number of hydrogen-bond donors (Lipinski definition) is 3. The number of unbranched alkanes of at least 4 members (excludes halogenated alkanes) is 1. The second kappa shape index (κ2) is 8.79. The Morgan fingerprint density at radius 3 is 2.86 bits per heavy atom. The smallest absolute Gasteiger partial charge is 0.144 e. The van der Waals surface area contributed by atoms with E-state index in [4.69, 9.17) is 15.9 Å². The molecular formula is C20H23N5O2S. The number of carbonyl (C=O) groups is 1. The third-order valence-electron chi connectivity index (χ3n) is 4.53. The summed E-state index contributed by atoms with van der Waals surface area (Å²) in [5, 5.41) is 11.8. The molecule has 7 nitrogen and oxygen atoms in total. The lowest BCUT2D eigenvalue weighted by Gasteiger charge is -2.14. The van der Waals surface area contributed by atoms with Gasteiger partial charge in [-0.1, -0.05) is 13.3 Å². The van der Waals surface area contributed by atoms with Crippen molar-refractivity contribution in [2.75, 3.05) is 18.2 Å². The number of benzene rings is 1. The number of thiophene rings is 1. The Balaban J connectivity index is 2.13. The second-order valence-corrected chi connectivity index (χ2v) is 7.41. The zero-order valence-corrected chi connectivity index (χ0v) is 16.7. The minimum Gasteiger partial charge on any atom is -0.494 e. The molecule has 28 heavy (non-hydrogen) atoms. The van der Waals surface area contributed by atoms with E-state index in [0.29, 0.717) is 34.9 Å². The molecule has 0 atom stereocenters. The summed E-state index contributed by atoms with van der Waals surface area (Å²) < 4.78 is 5.44. The number of aryl methyl sites for hydroxylation is 1. The standard InChI is InChI=1S/C20H23N5O2S/c1-3-4-5-13-17(6-7-26)28-20-18(13)19(23-11-24-20)25-15-8-12(10-21)14(22)9-16(15)27-2/h7-11,21H,3-6,22H2,1-2H3,(H,23,24,25). The lowest BCUT2D eigenvalue weighted by Crippen LogP contribution is -2.02. The summed E-state index contributed by atoms with van der Waals surface area (Å²) in [6, 6.07) is 3.45. The molecule has 0 amide bonds. The van der Waals surface area contributed by atoms with E-state index in [1.807, 2.05) is 0 Å². The number of methoxy groups -OCH3 is 1. The molecule has 3 aromatic rings. The van der Waals surface area contributed by atoms with Crippen molar-refractivity contribution in [1.82, 2.24) is 9.97 Å². The lowest BCUT2D eigenvalue weighted by atomic mass is 10.0. The number of nitrogens with one attached hydrogen (secondary N) is 2. The highest BCUT2D eigenvalue weighted by Crippen LogP contribution is 2.38. The van der Waals surface area contributed by atoms with Crippen LogP contribution in [0.3, 0.4) is 0 Å². The van der Waals surface area contributed by atoms with Crippen LogP contribution in [-0.2, 0) is 17.6 Å². The van der Waals surface area contributed by atoms with Crippen molar-refractivity contribution >= 4 is 51.2 Å². The largest absolute Gasteiger partial charge is 0.494 e. The van der Waals surface area contributed by atoms with Gasteiger partial charge in [0.2, 0.25) is 0 Å². The average molecular weight is 398 g/mol. The summed E-state index contributed by atoms with van der Waals surface area (Å²) in [4.78, 5) is 21.9. The van der Waals surface area contributed by atoms with Gasteiger partial charge in [-0.25, -0.2) is 9.97 Å². The van der Waals surface area contributed by atoms with E-state index in [9.17, 15) is 4.79 Å². The lowest BCUT2D eigenvalue weighted by molar-refractivity contribution is -0.107. The number of fused-ring (bicyclic) bond motifs is 1. The molecule has 2 aromatic heterocycles. The zero-order valence-electron chi connectivity index (χ0n) is 15.9. The summed E-state index contributed by atoms with van der Waals surface area (Å²) in [5.41, 5.74) is 8.81. The Morgan fingerprint density at radius 1 is 1.36 bits per heavy atom. The zero-order chi connectivity index (χ0) is 20.1. The first-order valence-corrected chi connectivity index (χ1v) is 9.88. The normalized spacial score (nSPS) is 10.8. The van der Waals surface area contributed by atoms with Gasteiger partial charge in [-0.05, 0) is 24.5 Å². The fourth-order valence-electron chi connectivity index (χ4n) is 3.12. The first kappa shape index (κ1) is 19.8. The Kier molecular flexibility index (Phi) is 6.20. The maximum Gasteiger partial charge on any atom is 0.144 e. The van der Waals surface area contributed by atoms with Crippen LogP contribution < -0.4 is 15.8 Å². The molecule has 0 aliphatic rings. The van der Waals surface area contributed by atoms with E-state index in [-0.39, 0.29) is 0 Å². The van der Waals surface area contributed by atoms with Gasteiger partial charge in [0.25, 0.3) is 0 Å².